The molecule has 0 atom stereocenters. The fourth-order valence-electron chi connectivity index (χ4n) is 1.77. The first kappa shape index (κ1) is 15.9. The lowest BCUT2D eigenvalue weighted by molar-refractivity contribution is 0.108. The minimum Gasteiger partial charge on any atom is -0.497 e. The highest BCUT2D eigenvalue weighted by atomic mass is 32.2. The van der Waals surface area contributed by atoms with Crippen molar-refractivity contribution in [2.45, 2.75) is 11.9 Å². The quantitative estimate of drug-likeness (QED) is 0.807. The molecule has 0 aliphatic carbocycles. The molecular weight excluding hydrogens is 300 g/mol. The number of pyridine rings is 1. The molecule has 2 aromatic rings. The smallest absolute Gasteiger partial charge is 0.225 e. The zero-order chi connectivity index (χ0) is 16.1. The summed E-state index contributed by atoms with van der Waals surface area (Å²) < 4.78 is 10.3. The standard InChI is InChI=1S/C16H14N2O3S/c1-10-4-5-11(9-17)15(18-10)22-16(19)12-6-13(20-2)8-14(7-12)21-3/h4-8H,1-3H3. The van der Waals surface area contributed by atoms with Crippen LogP contribution in [0.3, 0.4) is 0 Å². The van der Waals surface area contributed by atoms with Crippen molar-refractivity contribution in [1.82, 2.24) is 4.98 Å². The maximum Gasteiger partial charge on any atom is 0.225 e. The minimum atomic E-state index is -0.230. The molecule has 0 N–H and O–H groups in total. The number of carbonyl (C=O) groups is 1. The van der Waals surface area contributed by atoms with Gasteiger partial charge in [-0.15, -0.1) is 0 Å². The zero-order valence-electron chi connectivity index (χ0n) is 12.4. The van der Waals surface area contributed by atoms with E-state index in [1.54, 1.807) is 30.3 Å². The summed E-state index contributed by atoms with van der Waals surface area (Å²) in [6.45, 7) is 1.81. The van der Waals surface area contributed by atoms with E-state index in [0.717, 1.165) is 17.5 Å². The van der Waals surface area contributed by atoms with Gasteiger partial charge in [0.05, 0.1) is 19.8 Å². The predicted molar refractivity (Wildman–Crippen MR) is 83.4 cm³/mol. The monoisotopic (exact) mass is 314 g/mol. The molecule has 0 saturated carbocycles. The van der Waals surface area contributed by atoms with E-state index in [-0.39, 0.29) is 5.12 Å². The average Bonchev–Trinajstić information content (AvgIpc) is 2.54. The number of aryl methyl sites for hydroxylation is 1. The zero-order valence-corrected chi connectivity index (χ0v) is 13.2. The normalized spacial score (nSPS) is 9.91. The molecule has 0 spiro atoms. The molecule has 1 aromatic carbocycles. The Balaban J connectivity index is 2.34. The molecule has 1 heterocycles. The first-order valence-electron chi connectivity index (χ1n) is 6.40. The van der Waals surface area contributed by atoms with Crippen LogP contribution in [0.2, 0.25) is 0 Å². The first-order valence-corrected chi connectivity index (χ1v) is 7.22. The van der Waals surface area contributed by atoms with Gasteiger partial charge in [-0.1, -0.05) is 0 Å². The molecule has 1 aromatic heterocycles. The Morgan fingerprint density at radius 1 is 1.18 bits per heavy atom. The second-order valence-electron chi connectivity index (χ2n) is 4.41. The van der Waals surface area contributed by atoms with Crippen LogP contribution in [0.4, 0.5) is 0 Å². The number of benzene rings is 1. The molecule has 0 amide bonds. The van der Waals surface area contributed by atoms with Crippen LogP contribution in [0.5, 0.6) is 11.5 Å². The van der Waals surface area contributed by atoms with Gasteiger partial charge in [0.1, 0.15) is 22.6 Å². The summed E-state index contributed by atoms with van der Waals surface area (Å²) in [5, 5.41) is 9.27. The summed E-state index contributed by atoms with van der Waals surface area (Å²) in [7, 11) is 3.04. The van der Waals surface area contributed by atoms with E-state index < -0.39 is 0 Å². The third-order valence-electron chi connectivity index (χ3n) is 2.90. The molecule has 0 saturated heterocycles. The van der Waals surface area contributed by atoms with Crippen LogP contribution in [-0.4, -0.2) is 24.3 Å². The number of rotatable bonds is 4. The van der Waals surface area contributed by atoms with Crippen molar-refractivity contribution in [3.05, 3.63) is 47.2 Å². The lowest BCUT2D eigenvalue weighted by Crippen LogP contribution is -1.99. The Morgan fingerprint density at radius 2 is 1.82 bits per heavy atom. The highest BCUT2D eigenvalue weighted by Crippen LogP contribution is 2.29. The number of methoxy groups -OCH3 is 2. The van der Waals surface area contributed by atoms with Gasteiger partial charge < -0.3 is 9.47 Å². The Kier molecular flexibility index (Phi) is 5.02. The number of aromatic nitrogens is 1. The maximum absolute atomic E-state index is 12.4. The molecule has 0 aliphatic heterocycles. The summed E-state index contributed by atoms with van der Waals surface area (Å²) >= 11 is 0.917. The fourth-order valence-corrected chi connectivity index (χ4v) is 2.59. The van der Waals surface area contributed by atoms with Crippen LogP contribution in [-0.2, 0) is 0 Å². The van der Waals surface area contributed by atoms with E-state index >= 15 is 0 Å². The second-order valence-corrected chi connectivity index (χ2v) is 5.37. The largest absolute Gasteiger partial charge is 0.497 e. The Bertz CT molecular complexity index is 731. The molecule has 0 aliphatic rings. The molecule has 6 heteroatoms. The van der Waals surface area contributed by atoms with Gasteiger partial charge in [0, 0.05) is 17.3 Å². The molecule has 0 fully saturated rings. The summed E-state index contributed by atoms with van der Waals surface area (Å²) in [6.07, 6.45) is 0. The van der Waals surface area contributed by atoms with Gasteiger partial charge in [0.25, 0.3) is 0 Å². The number of hydrogen-bond acceptors (Lipinski definition) is 6. The molecule has 112 valence electrons. The minimum absolute atomic E-state index is 0.230. The topological polar surface area (TPSA) is 72.2 Å². The van der Waals surface area contributed by atoms with Gasteiger partial charge in [0.2, 0.25) is 5.12 Å². The van der Waals surface area contributed by atoms with Crippen LogP contribution in [0, 0.1) is 18.3 Å². The molecule has 0 unspecified atom stereocenters. The Morgan fingerprint density at radius 3 is 2.36 bits per heavy atom. The summed E-state index contributed by atoms with van der Waals surface area (Å²) in [6, 6.07) is 10.4. The van der Waals surface area contributed by atoms with E-state index in [0.29, 0.717) is 27.7 Å². The van der Waals surface area contributed by atoms with E-state index in [4.69, 9.17) is 14.7 Å². The average molecular weight is 314 g/mol. The summed E-state index contributed by atoms with van der Waals surface area (Å²) in [4.78, 5) is 16.7. The van der Waals surface area contributed by atoms with Gasteiger partial charge in [-0.05, 0) is 43.0 Å². The van der Waals surface area contributed by atoms with Gasteiger partial charge in [-0.25, -0.2) is 4.98 Å². The van der Waals surface area contributed by atoms with E-state index in [9.17, 15) is 4.79 Å². The van der Waals surface area contributed by atoms with Gasteiger partial charge in [-0.3, -0.25) is 4.79 Å². The van der Waals surface area contributed by atoms with Crippen molar-refractivity contribution < 1.29 is 14.3 Å². The summed E-state index contributed by atoms with van der Waals surface area (Å²) in [5.41, 5.74) is 1.55. The first-order chi connectivity index (χ1) is 10.6. The third kappa shape index (κ3) is 3.57. The molecule has 0 bridgehead atoms. The van der Waals surface area contributed by atoms with Crippen molar-refractivity contribution in [1.29, 1.82) is 5.26 Å². The van der Waals surface area contributed by atoms with E-state index in [1.165, 1.54) is 14.2 Å². The predicted octanol–water partition coefficient (Wildman–Crippen LogP) is 3.21. The molecule has 2 rings (SSSR count). The number of nitriles is 1. The van der Waals surface area contributed by atoms with Gasteiger partial charge in [-0.2, -0.15) is 5.26 Å². The van der Waals surface area contributed by atoms with Gasteiger partial charge in [0.15, 0.2) is 0 Å². The lowest BCUT2D eigenvalue weighted by Gasteiger charge is -2.08. The molecule has 22 heavy (non-hydrogen) atoms. The maximum atomic E-state index is 12.4. The Hall–Kier alpha value is -2.52. The van der Waals surface area contributed by atoms with Crippen LogP contribution in [0.15, 0.2) is 35.4 Å². The number of hydrogen-bond donors (Lipinski definition) is 0. The SMILES string of the molecule is COc1cc(OC)cc(C(=O)Sc2nc(C)ccc2C#N)c1. The number of nitrogens with zero attached hydrogens (tertiary/aromatic N) is 2. The van der Waals surface area contributed by atoms with Crippen LogP contribution in [0.25, 0.3) is 0 Å². The van der Waals surface area contributed by atoms with E-state index in [1.807, 2.05) is 13.0 Å². The highest BCUT2D eigenvalue weighted by molar-refractivity contribution is 8.14. The molecule has 5 nitrogen and oxygen atoms in total. The number of thioether (sulfide) groups is 1. The van der Waals surface area contributed by atoms with Gasteiger partial charge >= 0.3 is 0 Å². The number of carbonyl (C=O) groups excluding carboxylic acids is 1. The van der Waals surface area contributed by atoms with Crippen molar-refractivity contribution in [3.8, 4) is 17.6 Å². The molecule has 0 radical (unpaired) electrons. The second kappa shape index (κ2) is 6.96. The third-order valence-corrected chi connectivity index (χ3v) is 3.82. The number of ether oxygens (including phenoxy) is 2. The lowest BCUT2D eigenvalue weighted by atomic mass is 10.2. The van der Waals surface area contributed by atoms with Crippen molar-refractivity contribution in [2.75, 3.05) is 14.2 Å². The fraction of sp³-hybridized carbons (Fsp3) is 0.188. The van der Waals surface area contributed by atoms with Crippen molar-refractivity contribution in [3.63, 3.8) is 0 Å². The van der Waals surface area contributed by atoms with Crippen molar-refractivity contribution in [2.24, 2.45) is 0 Å². The van der Waals surface area contributed by atoms with Crippen molar-refractivity contribution >= 4 is 16.9 Å². The van der Waals surface area contributed by atoms with E-state index in [2.05, 4.69) is 4.98 Å². The molecular formula is C16H14N2O3S. The van der Waals surface area contributed by atoms with Crippen LogP contribution in [0.1, 0.15) is 21.6 Å². The van der Waals surface area contributed by atoms with Crippen LogP contribution < -0.4 is 9.47 Å². The summed E-state index contributed by atoms with van der Waals surface area (Å²) in [5.74, 6) is 1.06. The highest BCUT2D eigenvalue weighted by Gasteiger charge is 2.15. The van der Waals surface area contributed by atoms with Crippen LogP contribution >= 0.6 is 11.8 Å². The Labute approximate surface area is 132 Å².